The van der Waals surface area contributed by atoms with Crippen LogP contribution in [0, 0.1) is 25.2 Å². The first-order chi connectivity index (χ1) is 6.24. The zero-order valence-electron chi connectivity index (χ0n) is 7.68. The van der Waals surface area contributed by atoms with E-state index in [1.807, 2.05) is 32.0 Å². The summed E-state index contributed by atoms with van der Waals surface area (Å²) in [6.07, 6.45) is 0. The molecule has 0 saturated carbocycles. The molecule has 0 amide bonds. The van der Waals surface area contributed by atoms with E-state index < -0.39 is 0 Å². The smallest absolute Gasteiger partial charge is 0.102 e. The average Bonchev–Trinajstić information content (AvgIpc) is 2.42. The molecule has 1 N–H and O–H groups in total. The number of rotatable bonds is 0. The van der Waals surface area contributed by atoms with Crippen molar-refractivity contribution in [3.05, 3.63) is 35.0 Å². The molecular formula is C11H10N2. The molecular weight excluding hydrogens is 160 g/mol. The van der Waals surface area contributed by atoms with Crippen LogP contribution in [-0.4, -0.2) is 4.98 Å². The highest BCUT2D eigenvalue weighted by Crippen LogP contribution is 2.24. The van der Waals surface area contributed by atoms with Gasteiger partial charge in [0.1, 0.15) is 6.07 Å². The quantitative estimate of drug-likeness (QED) is 0.648. The number of nitrogens with one attached hydrogen (secondary N) is 1. The van der Waals surface area contributed by atoms with Gasteiger partial charge in [0.05, 0.1) is 5.56 Å². The maximum Gasteiger partial charge on any atom is 0.102 e. The highest BCUT2D eigenvalue weighted by atomic mass is 14.7. The van der Waals surface area contributed by atoms with Crippen molar-refractivity contribution in [1.29, 1.82) is 5.26 Å². The highest BCUT2D eigenvalue weighted by Gasteiger charge is 2.08. The van der Waals surface area contributed by atoms with Gasteiger partial charge in [0.15, 0.2) is 0 Å². The molecule has 0 atom stereocenters. The molecule has 64 valence electrons. The third-order valence-electron chi connectivity index (χ3n) is 2.33. The summed E-state index contributed by atoms with van der Waals surface area (Å²) in [6.45, 7) is 3.95. The Morgan fingerprint density at radius 2 is 2.08 bits per heavy atom. The van der Waals surface area contributed by atoms with E-state index in [1.165, 1.54) is 0 Å². The van der Waals surface area contributed by atoms with Gasteiger partial charge in [-0.2, -0.15) is 5.26 Å². The summed E-state index contributed by atoms with van der Waals surface area (Å²) < 4.78 is 0. The van der Waals surface area contributed by atoms with Crippen molar-refractivity contribution in [2.24, 2.45) is 0 Å². The van der Waals surface area contributed by atoms with Crippen molar-refractivity contribution < 1.29 is 0 Å². The number of benzene rings is 1. The van der Waals surface area contributed by atoms with Gasteiger partial charge in [-0.25, -0.2) is 0 Å². The van der Waals surface area contributed by atoms with E-state index in [0.29, 0.717) is 0 Å². The van der Waals surface area contributed by atoms with Gasteiger partial charge in [-0.3, -0.25) is 0 Å². The Kier molecular flexibility index (Phi) is 1.60. The lowest BCUT2D eigenvalue weighted by Crippen LogP contribution is -1.77. The first kappa shape index (κ1) is 7.88. The van der Waals surface area contributed by atoms with E-state index in [-0.39, 0.29) is 0 Å². The molecule has 0 aliphatic carbocycles. The highest BCUT2D eigenvalue weighted by molar-refractivity contribution is 5.89. The second-order valence-electron chi connectivity index (χ2n) is 3.23. The Labute approximate surface area is 76.8 Å². The number of fused-ring (bicyclic) bond motifs is 1. The molecule has 0 fully saturated rings. The van der Waals surface area contributed by atoms with Crippen molar-refractivity contribution >= 4 is 10.9 Å². The van der Waals surface area contributed by atoms with Crippen LogP contribution >= 0.6 is 0 Å². The average molecular weight is 170 g/mol. The summed E-state index contributed by atoms with van der Waals surface area (Å²) >= 11 is 0. The third-order valence-corrected chi connectivity index (χ3v) is 2.33. The molecule has 2 aromatic rings. The van der Waals surface area contributed by atoms with E-state index in [1.54, 1.807) is 0 Å². The van der Waals surface area contributed by atoms with Crippen molar-refractivity contribution in [2.45, 2.75) is 13.8 Å². The predicted molar refractivity (Wildman–Crippen MR) is 52.5 cm³/mol. The van der Waals surface area contributed by atoms with Gasteiger partial charge < -0.3 is 4.98 Å². The molecule has 2 heteroatoms. The number of aryl methyl sites for hydroxylation is 2. The fourth-order valence-electron chi connectivity index (χ4n) is 1.70. The van der Waals surface area contributed by atoms with Crippen LogP contribution in [0.25, 0.3) is 10.9 Å². The SMILES string of the molecule is Cc1[nH]c2cccc(C)c2c1C#N. The van der Waals surface area contributed by atoms with Gasteiger partial charge in [-0.1, -0.05) is 12.1 Å². The lowest BCUT2D eigenvalue weighted by atomic mass is 10.1. The van der Waals surface area contributed by atoms with Crippen molar-refractivity contribution in [2.75, 3.05) is 0 Å². The van der Waals surface area contributed by atoms with Crippen LogP contribution in [0.4, 0.5) is 0 Å². The minimum absolute atomic E-state index is 0.771. The van der Waals surface area contributed by atoms with Crippen LogP contribution in [0.2, 0.25) is 0 Å². The molecule has 13 heavy (non-hydrogen) atoms. The van der Waals surface area contributed by atoms with Gasteiger partial charge >= 0.3 is 0 Å². The van der Waals surface area contributed by atoms with Crippen molar-refractivity contribution in [1.82, 2.24) is 4.98 Å². The lowest BCUT2D eigenvalue weighted by Gasteiger charge is -1.94. The number of hydrogen-bond acceptors (Lipinski definition) is 1. The van der Waals surface area contributed by atoms with Crippen LogP contribution in [0.5, 0.6) is 0 Å². The van der Waals surface area contributed by atoms with E-state index >= 15 is 0 Å². The number of hydrogen-bond donors (Lipinski definition) is 1. The first-order valence-electron chi connectivity index (χ1n) is 4.22. The molecule has 2 nitrogen and oxygen atoms in total. The van der Waals surface area contributed by atoms with Crippen LogP contribution in [0.1, 0.15) is 16.8 Å². The summed E-state index contributed by atoms with van der Waals surface area (Å²) in [5.41, 5.74) is 3.92. The summed E-state index contributed by atoms with van der Waals surface area (Å²) in [4.78, 5) is 3.20. The Morgan fingerprint density at radius 1 is 1.31 bits per heavy atom. The van der Waals surface area contributed by atoms with Crippen LogP contribution in [0.3, 0.4) is 0 Å². The second kappa shape index (κ2) is 2.63. The van der Waals surface area contributed by atoms with Gasteiger partial charge in [-0.05, 0) is 25.5 Å². The Balaban J connectivity index is 2.99. The molecule has 0 aliphatic rings. The van der Waals surface area contributed by atoms with E-state index in [4.69, 9.17) is 5.26 Å². The van der Waals surface area contributed by atoms with Crippen LogP contribution < -0.4 is 0 Å². The summed E-state index contributed by atoms with van der Waals surface area (Å²) in [6, 6.07) is 8.24. The number of nitrogens with zero attached hydrogens (tertiary/aromatic N) is 1. The maximum atomic E-state index is 8.96. The first-order valence-corrected chi connectivity index (χ1v) is 4.22. The molecule has 0 saturated heterocycles. The second-order valence-corrected chi connectivity index (χ2v) is 3.23. The molecule has 1 heterocycles. The molecule has 0 radical (unpaired) electrons. The number of aromatic nitrogens is 1. The zero-order valence-corrected chi connectivity index (χ0v) is 7.68. The topological polar surface area (TPSA) is 39.6 Å². The minimum Gasteiger partial charge on any atom is -0.357 e. The molecule has 0 unspecified atom stereocenters. The van der Waals surface area contributed by atoms with Crippen LogP contribution in [0.15, 0.2) is 18.2 Å². The molecule has 0 spiro atoms. The normalized spacial score (nSPS) is 10.2. The van der Waals surface area contributed by atoms with Gasteiger partial charge in [0.2, 0.25) is 0 Å². The summed E-state index contributed by atoms with van der Waals surface area (Å²) in [5.74, 6) is 0. The largest absolute Gasteiger partial charge is 0.357 e. The van der Waals surface area contributed by atoms with Gasteiger partial charge in [0, 0.05) is 16.6 Å². The number of aromatic amines is 1. The van der Waals surface area contributed by atoms with Crippen LogP contribution in [-0.2, 0) is 0 Å². The predicted octanol–water partition coefficient (Wildman–Crippen LogP) is 2.66. The number of nitriles is 1. The van der Waals surface area contributed by atoms with Gasteiger partial charge in [0.25, 0.3) is 0 Å². The van der Waals surface area contributed by atoms with Crippen molar-refractivity contribution in [3.8, 4) is 6.07 Å². The molecule has 1 aromatic carbocycles. The zero-order chi connectivity index (χ0) is 9.42. The monoisotopic (exact) mass is 170 g/mol. The standard InChI is InChI=1S/C11H10N2/c1-7-4-3-5-10-11(7)9(6-12)8(2)13-10/h3-5,13H,1-2H3. The van der Waals surface area contributed by atoms with E-state index in [2.05, 4.69) is 11.1 Å². The van der Waals surface area contributed by atoms with Gasteiger partial charge in [-0.15, -0.1) is 0 Å². The fourth-order valence-corrected chi connectivity index (χ4v) is 1.70. The Morgan fingerprint density at radius 3 is 2.77 bits per heavy atom. The maximum absolute atomic E-state index is 8.96. The fraction of sp³-hybridized carbons (Fsp3) is 0.182. The lowest BCUT2D eigenvalue weighted by molar-refractivity contribution is 1.28. The van der Waals surface area contributed by atoms with E-state index in [9.17, 15) is 0 Å². The third kappa shape index (κ3) is 1.01. The summed E-state index contributed by atoms with van der Waals surface area (Å²) in [7, 11) is 0. The minimum atomic E-state index is 0.771. The van der Waals surface area contributed by atoms with E-state index in [0.717, 1.165) is 27.7 Å². The Bertz CT molecular complexity index is 501. The summed E-state index contributed by atoms with van der Waals surface area (Å²) in [5, 5.41) is 10.0. The molecule has 1 aromatic heterocycles. The Hall–Kier alpha value is -1.75. The van der Waals surface area contributed by atoms with Crippen molar-refractivity contribution in [3.63, 3.8) is 0 Å². The molecule has 0 aliphatic heterocycles. The number of H-pyrrole nitrogens is 1. The molecule has 2 rings (SSSR count). The molecule has 0 bridgehead atoms.